The summed E-state index contributed by atoms with van der Waals surface area (Å²) < 4.78 is 38.9. The highest BCUT2D eigenvalue weighted by atomic mass is 32.2. The van der Waals surface area contributed by atoms with Crippen LogP contribution in [0.5, 0.6) is 0 Å². The fraction of sp³-hybridized carbons (Fsp3) is 0.235. The van der Waals surface area contributed by atoms with Gasteiger partial charge in [0.15, 0.2) is 11.6 Å². The molecule has 0 aromatic heterocycles. The minimum Gasteiger partial charge on any atom is -0.325 e. The zero-order chi connectivity index (χ0) is 17.0. The first-order valence-corrected chi connectivity index (χ1v) is 7.98. The molecule has 0 heterocycles. The molecule has 1 N–H and O–H groups in total. The van der Waals surface area contributed by atoms with E-state index in [1.807, 2.05) is 6.92 Å². The van der Waals surface area contributed by atoms with E-state index in [1.54, 1.807) is 19.1 Å². The van der Waals surface area contributed by atoms with Gasteiger partial charge in [-0.15, -0.1) is 11.8 Å². The molecular formula is C17H16F3NOS. The van der Waals surface area contributed by atoms with Crippen LogP contribution in [0.2, 0.25) is 0 Å². The summed E-state index contributed by atoms with van der Waals surface area (Å²) in [6.07, 6.45) is 0. The van der Waals surface area contributed by atoms with Gasteiger partial charge in [-0.05, 0) is 43.7 Å². The van der Waals surface area contributed by atoms with E-state index in [-0.39, 0.29) is 22.7 Å². The molecule has 2 atom stereocenters. The summed E-state index contributed by atoms with van der Waals surface area (Å²) in [6.45, 7) is 3.64. The lowest BCUT2D eigenvalue weighted by atomic mass is 10.2. The fourth-order valence-corrected chi connectivity index (χ4v) is 3.11. The van der Waals surface area contributed by atoms with Crippen LogP contribution in [0, 0.1) is 17.5 Å². The van der Waals surface area contributed by atoms with Gasteiger partial charge >= 0.3 is 0 Å². The normalized spacial score (nSPS) is 13.4. The minimum absolute atomic E-state index is 0.0127. The first kappa shape index (κ1) is 17.4. The molecule has 0 radical (unpaired) electrons. The maximum Gasteiger partial charge on any atom is 0.237 e. The summed E-state index contributed by atoms with van der Waals surface area (Å²) in [4.78, 5) is 12.1. The van der Waals surface area contributed by atoms with Gasteiger partial charge < -0.3 is 5.32 Å². The number of benzene rings is 2. The van der Waals surface area contributed by atoms with Crippen molar-refractivity contribution in [1.29, 1.82) is 0 Å². The van der Waals surface area contributed by atoms with Crippen LogP contribution in [-0.4, -0.2) is 11.2 Å². The van der Waals surface area contributed by atoms with Crippen molar-refractivity contribution in [2.75, 3.05) is 5.32 Å². The number of carbonyl (C=O) groups is 1. The molecule has 2 aromatic rings. The molecule has 2 unspecified atom stereocenters. The quantitative estimate of drug-likeness (QED) is 0.837. The molecular weight excluding hydrogens is 323 g/mol. The van der Waals surface area contributed by atoms with Crippen molar-refractivity contribution in [3.8, 4) is 0 Å². The lowest BCUT2D eigenvalue weighted by molar-refractivity contribution is -0.115. The standard InChI is InChI=1S/C17H16F3NOS/c1-10(12-3-5-13(18)6-4-12)23-11(2)17(22)21-14-7-8-15(19)16(20)9-14/h3-11H,1-2H3,(H,21,22). The number of hydrogen-bond donors (Lipinski definition) is 1. The van der Waals surface area contributed by atoms with Crippen molar-refractivity contribution in [2.45, 2.75) is 24.3 Å². The third-order valence-electron chi connectivity index (χ3n) is 3.30. The summed E-state index contributed by atoms with van der Waals surface area (Å²) in [5.41, 5.74) is 1.11. The highest BCUT2D eigenvalue weighted by Crippen LogP contribution is 2.32. The van der Waals surface area contributed by atoms with Crippen LogP contribution < -0.4 is 5.32 Å². The van der Waals surface area contributed by atoms with Crippen LogP contribution in [0.4, 0.5) is 18.9 Å². The van der Waals surface area contributed by atoms with E-state index in [9.17, 15) is 18.0 Å². The monoisotopic (exact) mass is 339 g/mol. The molecule has 0 saturated heterocycles. The van der Waals surface area contributed by atoms with Gasteiger partial charge in [0.05, 0.1) is 5.25 Å². The molecule has 0 aliphatic rings. The van der Waals surface area contributed by atoms with Gasteiger partial charge in [-0.1, -0.05) is 12.1 Å². The first-order chi connectivity index (χ1) is 10.9. The Bertz CT molecular complexity index is 691. The molecule has 0 aliphatic carbocycles. The SMILES string of the molecule is CC(SC(C)c1ccc(F)cc1)C(=O)Nc1ccc(F)c(F)c1. The van der Waals surface area contributed by atoms with Gasteiger partial charge in [0.2, 0.25) is 5.91 Å². The van der Waals surface area contributed by atoms with Crippen LogP contribution in [0.3, 0.4) is 0 Å². The summed E-state index contributed by atoms with van der Waals surface area (Å²) >= 11 is 1.39. The number of amides is 1. The van der Waals surface area contributed by atoms with E-state index >= 15 is 0 Å². The maximum atomic E-state index is 13.1. The lowest BCUT2D eigenvalue weighted by Gasteiger charge is -2.17. The Morgan fingerprint density at radius 3 is 2.26 bits per heavy atom. The molecule has 122 valence electrons. The number of carbonyl (C=O) groups excluding carboxylic acids is 1. The molecule has 2 rings (SSSR count). The molecule has 0 saturated carbocycles. The lowest BCUT2D eigenvalue weighted by Crippen LogP contribution is -2.23. The molecule has 0 bridgehead atoms. The number of anilines is 1. The summed E-state index contributed by atoms with van der Waals surface area (Å²) in [5, 5.41) is 2.12. The van der Waals surface area contributed by atoms with Crippen molar-refractivity contribution in [3.63, 3.8) is 0 Å². The van der Waals surface area contributed by atoms with Crippen molar-refractivity contribution in [3.05, 3.63) is 65.5 Å². The topological polar surface area (TPSA) is 29.1 Å². The minimum atomic E-state index is -1.01. The zero-order valence-corrected chi connectivity index (χ0v) is 13.5. The molecule has 0 spiro atoms. The van der Waals surface area contributed by atoms with E-state index < -0.39 is 16.9 Å². The van der Waals surface area contributed by atoms with Gasteiger partial charge in [0, 0.05) is 17.0 Å². The smallest absolute Gasteiger partial charge is 0.237 e. The second-order valence-electron chi connectivity index (χ2n) is 5.09. The number of thioether (sulfide) groups is 1. The number of nitrogens with one attached hydrogen (secondary N) is 1. The highest BCUT2D eigenvalue weighted by Gasteiger charge is 2.18. The van der Waals surface area contributed by atoms with Gasteiger partial charge in [0.1, 0.15) is 5.82 Å². The van der Waals surface area contributed by atoms with Crippen molar-refractivity contribution < 1.29 is 18.0 Å². The Kier molecular flexibility index (Phi) is 5.71. The Morgan fingerprint density at radius 1 is 1.00 bits per heavy atom. The van der Waals surface area contributed by atoms with Gasteiger partial charge in [0.25, 0.3) is 0 Å². The van der Waals surface area contributed by atoms with Crippen molar-refractivity contribution in [1.82, 2.24) is 0 Å². The molecule has 1 amide bonds. The number of rotatable bonds is 5. The van der Waals surface area contributed by atoms with E-state index in [4.69, 9.17) is 0 Å². The van der Waals surface area contributed by atoms with E-state index in [0.29, 0.717) is 0 Å². The molecule has 23 heavy (non-hydrogen) atoms. The summed E-state index contributed by atoms with van der Waals surface area (Å²) in [7, 11) is 0. The third-order valence-corrected chi connectivity index (χ3v) is 4.61. The molecule has 0 fully saturated rings. The Balaban J connectivity index is 1.96. The van der Waals surface area contributed by atoms with Crippen LogP contribution >= 0.6 is 11.8 Å². The van der Waals surface area contributed by atoms with Crippen LogP contribution in [0.15, 0.2) is 42.5 Å². The highest BCUT2D eigenvalue weighted by molar-refractivity contribution is 8.00. The van der Waals surface area contributed by atoms with Gasteiger partial charge in [-0.3, -0.25) is 4.79 Å². The fourth-order valence-electron chi connectivity index (χ4n) is 2.00. The van der Waals surface area contributed by atoms with E-state index in [0.717, 1.165) is 17.7 Å². The third kappa shape index (κ3) is 4.76. The number of halogens is 3. The van der Waals surface area contributed by atoms with Crippen LogP contribution in [-0.2, 0) is 4.79 Å². The van der Waals surface area contributed by atoms with E-state index in [2.05, 4.69) is 5.32 Å². The Hall–Kier alpha value is -1.95. The zero-order valence-electron chi connectivity index (χ0n) is 12.6. The largest absolute Gasteiger partial charge is 0.325 e. The second-order valence-corrected chi connectivity index (χ2v) is 6.78. The van der Waals surface area contributed by atoms with Crippen molar-refractivity contribution in [2.24, 2.45) is 0 Å². The van der Waals surface area contributed by atoms with Crippen molar-refractivity contribution >= 4 is 23.4 Å². The number of hydrogen-bond acceptors (Lipinski definition) is 2. The summed E-state index contributed by atoms with van der Waals surface area (Å²) in [6, 6.07) is 9.30. The Labute approximate surface area is 137 Å². The summed E-state index contributed by atoms with van der Waals surface area (Å²) in [5.74, 6) is -2.59. The molecule has 2 nitrogen and oxygen atoms in total. The maximum absolute atomic E-state index is 13.1. The average Bonchev–Trinajstić information content (AvgIpc) is 2.51. The Morgan fingerprint density at radius 2 is 1.65 bits per heavy atom. The van der Waals surface area contributed by atoms with Gasteiger partial charge in [-0.25, -0.2) is 13.2 Å². The predicted molar refractivity (Wildman–Crippen MR) is 86.9 cm³/mol. The van der Waals surface area contributed by atoms with Gasteiger partial charge in [-0.2, -0.15) is 0 Å². The average molecular weight is 339 g/mol. The molecule has 2 aromatic carbocycles. The van der Waals surface area contributed by atoms with Crippen LogP contribution in [0.1, 0.15) is 24.7 Å². The molecule has 0 aliphatic heterocycles. The predicted octanol–water partition coefficient (Wildman–Crippen LogP) is 4.93. The van der Waals surface area contributed by atoms with E-state index in [1.165, 1.54) is 30.0 Å². The second kappa shape index (κ2) is 7.55. The van der Waals surface area contributed by atoms with Crippen LogP contribution in [0.25, 0.3) is 0 Å². The molecule has 6 heteroatoms. The first-order valence-electron chi connectivity index (χ1n) is 7.03.